The van der Waals surface area contributed by atoms with Gasteiger partial charge in [0.2, 0.25) is 5.91 Å². The maximum atomic E-state index is 11.4. The number of esters is 1. The molecule has 0 aliphatic carbocycles. The van der Waals surface area contributed by atoms with Gasteiger partial charge in [-0.2, -0.15) is 0 Å². The molecule has 0 aromatic rings. The fraction of sp³-hybridized carbons (Fsp3) is 0.818. The lowest BCUT2D eigenvalue weighted by atomic mass is 10.1. The first kappa shape index (κ1) is 14.9. The van der Waals surface area contributed by atoms with Crippen LogP contribution in [-0.4, -0.2) is 38.7 Å². The van der Waals surface area contributed by atoms with Gasteiger partial charge >= 0.3 is 5.97 Å². The topological polar surface area (TPSA) is 64.6 Å². The number of amides is 1. The zero-order valence-corrected chi connectivity index (χ0v) is 10.2. The van der Waals surface area contributed by atoms with Crippen molar-refractivity contribution in [3.63, 3.8) is 0 Å². The number of carbonyl (C=O) groups is 2. The highest BCUT2D eigenvalue weighted by molar-refractivity contribution is 5.77. The molecule has 16 heavy (non-hydrogen) atoms. The minimum atomic E-state index is -0.408. The maximum absolute atomic E-state index is 11.4. The molecule has 0 aromatic heterocycles. The van der Waals surface area contributed by atoms with Crippen LogP contribution in [0.25, 0.3) is 0 Å². The van der Waals surface area contributed by atoms with Crippen molar-refractivity contribution in [2.24, 2.45) is 0 Å². The third kappa shape index (κ3) is 7.23. The quantitative estimate of drug-likeness (QED) is 0.497. The van der Waals surface area contributed by atoms with E-state index in [1.54, 1.807) is 0 Å². The first-order chi connectivity index (χ1) is 7.63. The minimum Gasteiger partial charge on any atom is -0.469 e. The molecular formula is C11H21NO4. The largest absolute Gasteiger partial charge is 0.469 e. The van der Waals surface area contributed by atoms with Gasteiger partial charge in [0.1, 0.15) is 0 Å². The molecule has 0 bridgehead atoms. The van der Waals surface area contributed by atoms with Crippen molar-refractivity contribution in [3.8, 4) is 0 Å². The lowest BCUT2D eigenvalue weighted by Gasteiger charge is -2.13. The molecule has 1 atom stereocenters. The van der Waals surface area contributed by atoms with Crippen LogP contribution in [0.2, 0.25) is 0 Å². The van der Waals surface area contributed by atoms with Crippen LogP contribution in [0.15, 0.2) is 0 Å². The van der Waals surface area contributed by atoms with Crippen LogP contribution in [0.4, 0.5) is 0 Å². The predicted molar refractivity (Wildman–Crippen MR) is 60.0 cm³/mol. The molecule has 0 fully saturated rings. The SMILES string of the molecule is CCCCNC(=O)CC(CC(=O)OC)OC. The summed E-state index contributed by atoms with van der Waals surface area (Å²) in [5.41, 5.74) is 0. The Morgan fingerprint density at radius 1 is 1.25 bits per heavy atom. The van der Waals surface area contributed by atoms with Crippen LogP contribution >= 0.6 is 0 Å². The van der Waals surface area contributed by atoms with E-state index in [2.05, 4.69) is 17.0 Å². The first-order valence-corrected chi connectivity index (χ1v) is 5.50. The summed E-state index contributed by atoms with van der Waals surface area (Å²) in [6.45, 7) is 2.73. The lowest BCUT2D eigenvalue weighted by molar-refractivity contribution is -0.143. The number of rotatable bonds is 8. The number of hydrogen-bond acceptors (Lipinski definition) is 4. The highest BCUT2D eigenvalue weighted by Gasteiger charge is 2.17. The van der Waals surface area contributed by atoms with Crippen molar-refractivity contribution in [1.29, 1.82) is 0 Å². The summed E-state index contributed by atoms with van der Waals surface area (Å²) < 4.78 is 9.55. The Hall–Kier alpha value is -1.10. The first-order valence-electron chi connectivity index (χ1n) is 5.50. The summed E-state index contributed by atoms with van der Waals surface area (Å²) in [5, 5.41) is 2.77. The molecule has 0 saturated carbocycles. The molecule has 0 spiro atoms. The van der Waals surface area contributed by atoms with Crippen molar-refractivity contribution in [2.45, 2.75) is 38.7 Å². The zero-order valence-electron chi connectivity index (χ0n) is 10.2. The summed E-state index contributed by atoms with van der Waals surface area (Å²) in [6.07, 6.45) is 1.88. The van der Waals surface area contributed by atoms with E-state index in [-0.39, 0.29) is 24.7 Å². The van der Waals surface area contributed by atoms with E-state index in [1.165, 1.54) is 14.2 Å². The van der Waals surface area contributed by atoms with Gasteiger partial charge in [-0.25, -0.2) is 0 Å². The van der Waals surface area contributed by atoms with Crippen LogP contribution in [0, 0.1) is 0 Å². The van der Waals surface area contributed by atoms with Crippen LogP contribution in [0.5, 0.6) is 0 Å². The van der Waals surface area contributed by atoms with E-state index in [4.69, 9.17) is 4.74 Å². The second-order valence-electron chi connectivity index (χ2n) is 3.55. The number of methoxy groups -OCH3 is 2. The molecular weight excluding hydrogens is 210 g/mol. The Kier molecular flexibility index (Phi) is 8.52. The summed E-state index contributed by atoms with van der Waals surface area (Å²) >= 11 is 0. The maximum Gasteiger partial charge on any atom is 0.308 e. The third-order valence-corrected chi connectivity index (χ3v) is 2.22. The number of hydrogen-bond donors (Lipinski definition) is 1. The second-order valence-corrected chi connectivity index (χ2v) is 3.55. The Balaban J connectivity index is 3.83. The van der Waals surface area contributed by atoms with E-state index in [0.29, 0.717) is 6.54 Å². The molecule has 5 heteroatoms. The zero-order chi connectivity index (χ0) is 12.4. The number of carbonyl (C=O) groups excluding carboxylic acids is 2. The monoisotopic (exact) mass is 231 g/mol. The Bertz CT molecular complexity index is 218. The van der Waals surface area contributed by atoms with Gasteiger partial charge in [-0.3, -0.25) is 9.59 Å². The van der Waals surface area contributed by atoms with E-state index < -0.39 is 6.10 Å². The molecule has 94 valence electrons. The van der Waals surface area contributed by atoms with Crippen LogP contribution < -0.4 is 5.32 Å². The van der Waals surface area contributed by atoms with Crippen molar-refractivity contribution in [1.82, 2.24) is 5.32 Å². The summed E-state index contributed by atoms with van der Waals surface area (Å²) in [4.78, 5) is 22.4. The minimum absolute atomic E-state index is 0.0933. The fourth-order valence-corrected chi connectivity index (χ4v) is 1.19. The van der Waals surface area contributed by atoms with Crippen LogP contribution in [-0.2, 0) is 19.1 Å². The van der Waals surface area contributed by atoms with Crippen molar-refractivity contribution >= 4 is 11.9 Å². The molecule has 0 rings (SSSR count). The highest BCUT2D eigenvalue weighted by Crippen LogP contribution is 2.04. The Morgan fingerprint density at radius 2 is 1.94 bits per heavy atom. The van der Waals surface area contributed by atoms with Gasteiger partial charge < -0.3 is 14.8 Å². The van der Waals surface area contributed by atoms with Crippen molar-refractivity contribution in [3.05, 3.63) is 0 Å². The van der Waals surface area contributed by atoms with Gasteiger partial charge in [-0.15, -0.1) is 0 Å². The van der Waals surface area contributed by atoms with E-state index in [9.17, 15) is 9.59 Å². The molecule has 0 aliphatic heterocycles. The van der Waals surface area contributed by atoms with Gasteiger partial charge in [0.05, 0.1) is 26.1 Å². The van der Waals surface area contributed by atoms with Gasteiger partial charge in [-0.05, 0) is 6.42 Å². The molecule has 5 nitrogen and oxygen atoms in total. The average Bonchev–Trinajstić information content (AvgIpc) is 2.28. The second kappa shape index (κ2) is 9.15. The number of ether oxygens (including phenoxy) is 2. The van der Waals surface area contributed by atoms with E-state index >= 15 is 0 Å². The van der Waals surface area contributed by atoms with E-state index in [0.717, 1.165) is 12.8 Å². The lowest BCUT2D eigenvalue weighted by Crippen LogP contribution is -2.30. The Labute approximate surface area is 96.5 Å². The van der Waals surface area contributed by atoms with Gasteiger partial charge in [0, 0.05) is 13.7 Å². The van der Waals surface area contributed by atoms with Gasteiger partial charge in [0.15, 0.2) is 0 Å². The molecule has 0 heterocycles. The molecule has 1 unspecified atom stereocenters. The fourth-order valence-electron chi connectivity index (χ4n) is 1.19. The molecule has 1 amide bonds. The van der Waals surface area contributed by atoms with Crippen molar-refractivity contribution < 1.29 is 19.1 Å². The standard InChI is InChI=1S/C11H21NO4/c1-4-5-6-12-10(13)7-9(15-2)8-11(14)16-3/h9H,4-8H2,1-3H3,(H,12,13). The van der Waals surface area contributed by atoms with Crippen LogP contribution in [0.3, 0.4) is 0 Å². The molecule has 0 radical (unpaired) electrons. The van der Waals surface area contributed by atoms with Crippen LogP contribution in [0.1, 0.15) is 32.6 Å². The summed E-state index contributed by atoms with van der Waals surface area (Å²) in [6, 6.07) is 0. The number of nitrogens with one attached hydrogen (secondary N) is 1. The third-order valence-electron chi connectivity index (χ3n) is 2.22. The molecule has 0 aliphatic rings. The molecule has 0 aromatic carbocycles. The molecule has 0 saturated heterocycles. The predicted octanol–water partition coefficient (Wildman–Crippen LogP) is 0.871. The Morgan fingerprint density at radius 3 is 2.44 bits per heavy atom. The smallest absolute Gasteiger partial charge is 0.308 e. The van der Waals surface area contributed by atoms with E-state index in [1.807, 2.05) is 0 Å². The number of unbranched alkanes of at least 4 members (excludes halogenated alkanes) is 1. The van der Waals surface area contributed by atoms with Crippen molar-refractivity contribution in [2.75, 3.05) is 20.8 Å². The summed E-state index contributed by atoms with van der Waals surface area (Å²) in [5.74, 6) is -0.461. The average molecular weight is 231 g/mol. The van der Waals surface area contributed by atoms with Gasteiger partial charge in [-0.1, -0.05) is 13.3 Å². The molecule has 1 N–H and O–H groups in total. The normalized spacial score (nSPS) is 11.9. The van der Waals surface area contributed by atoms with Gasteiger partial charge in [0.25, 0.3) is 0 Å². The highest BCUT2D eigenvalue weighted by atomic mass is 16.5. The summed E-state index contributed by atoms with van der Waals surface area (Å²) in [7, 11) is 2.79.